The number of aromatic hydroxyl groups is 1. The van der Waals surface area contributed by atoms with Gasteiger partial charge in [-0.15, -0.1) is 0 Å². The van der Waals surface area contributed by atoms with Crippen molar-refractivity contribution in [3.05, 3.63) is 36.5 Å². The molecule has 28 heavy (non-hydrogen) atoms. The molecule has 8 nitrogen and oxygen atoms in total. The second-order valence-corrected chi connectivity index (χ2v) is 6.23. The van der Waals surface area contributed by atoms with Gasteiger partial charge in [0.25, 0.3) is 0 Å². The number of methoxy groups -OCH3 is 2. The van der Waals surface area contributed by atoms with E-state index in [2.05, 4.69) is 14.9 Å². The number of phenolic OH excluding ortho intramolecular Hbond substituents is 1. The van der Waals surface area contributed by atoms with Gasteiger partial charge in [0.05, 0.1) is 27.4 Å². The zero-order valence-electron chi connectivity index (χ0n) is 15.7. The van der Waals surface area contributed by atoms with Gasteiger partial charge in [-0.2, -0.15) is 0 Å². The molecule has 1 saturated heterocycles. The van der Waals surface area contributed by atoms with Gasteiger partial charge in [0, 0.05) is 24.8 Å². The molecule has 0 amide bonds. The normalized spacial score (nSPS) is 14.1. The van der Waals surface area contributed by atoms with Crippen LogP contribution in [-0.2, 0) is 4.74 Å². The van der Waals surface area contributed by atoms with Gasteiger partial charge in [0.1, 0.15) is 11.5 Å². The fraction of sp³-hybridized carbons (Fsp3) is 0.300. The molecule has 1 aromatic carbocycles. The summed E-state index contributed by atoms with van der Waals surface area (Å²) in [5.74, 6) is 2.46. The molecule has 0 spiro atoms. The first-order chi connectivity index (χ1) is 13.7. The van der Waals surface area contributed by atoms with Crippen molar-refractivity contribution < 1.29 is 23.7 Å². The first kappa shape index (κ1) is 18.1. The number of furan rings is 1. The third-order valence-electron chi connectivity index (χ3n) is 4.56. The molecule has 0 radical (unpaired) electrons. The third kappa shape index (κ3) is 3.46. The summed E-state index contributed by atoms with van der Waals surface area (Å²) in [5, 5.41) is 10.1. The second-order valence-electron chi connectivity index (χ2n) is 6.23. The maximum Gasteiger partial charge on any atom is 0.226 e. The maximum absolute atomic E-state index is 10.1. The van der Waals surface area contributed by atoms with E-state index in [4.69, 9.17) is 18.6 Å². The predicted molar refractivity (Wildman–Crippen MR) is 103 cm³/mol. The summed E-state index contributed by atoms with van der Waals surface area (Å²) in [5.41, 5.74) is 1.42. The lowest BCUT2D eigenvalue weighted by atomic mass is 10.1. The lowest BCUT2D eigenvalue weighted by Crippen LogP contribution is -2.37. The van der Waals surface area contributed by atoms with Crippen molar-refractivity contribution in [2.24, 2.45) is 0 Å². The number of aromatic nitrogens is 2. The summed E-state index contributed by atoms with van der Waals surface area (Å²) >= 11 is 0. The molecule has 0 atom stereocenters. The standard InChI is InChI=1S/C20H21N3O5/c1-25-17-11-13(12-18(26-2)19(17)24)15-3-4-16(28-15)14-5-6-21-20(22-14)23-7-9-27-10-8-23/h3-6,11-12,24H,7-10H2,1-2H3. The Labute approximate surface area is 162 Å². The highest BCUT2D eigenvalue weighted by molar-refractivity contribution is 5.69. The van der Waals surface area contributed by atoms with Crippen LogP contribution in [0.25, 0.3) is 22.8 Å². The molecule has 0 aliphatic carbocycles. The van der Waals surface area contributed by atoms with Crippen molar-refractivity contribution in [2.45, 2.75) is 0 Å². The second kappa shape index (κ2) is 7.77. The molecule has 146 valence electrons. The summed E-state index contributed by atoms with van der Waals surface area (Å²) in [4.78, 5) is 11.1. The maximum atomic E-state index is 10.1. The van der Waals surface area contributed by atoms with Crippen molar-refractivity contribution >= 4 is 5.95 Å². The van der Waals surface area contributed by atoms with E-state index < -0.39 is 0 Å². The Kier molecular flexibility index (Phi) is 5.03. The average molecular weight is 383 g/mol. The van der Waals surface area contributed by atoms with E-state index in [0.29, 0.717) is 47.9 Å². The largest absolute Gasteiger partial charge is 0.502 e. The fourth-order valence-electron chi connectivity index (χ4n) is 3.07. The van der Waals surface area contributed by atoms with Gasteiger partial charge in [-0.05, 0) is 30.3 Å². The monoisotopic (exact) mass is 383 g/mol. The zero-order chi connectivity index (χ0) is 19.5. The number of hydrogen-bond donors (Lipinski definition) is 1. The van der Waals surface area contributed by atoms with E-state index in [1.165, 1.54) is 14.2 Å². The molecule has 3 heterocycles. The minimum atomic E-state index is -0.0496. The van der Waals surface area contributed by atoms with Crippen LogP contribution in [0.15, 0.2) is 40.9 Å². The van der Waals surface area contributed by atoms with Crippen LogP contribution in [0.5, 0.6) is 17.2 Å². The predicted octanol–water partition coefficient (Wildman–Crippen LogP) is 2.96. The van der Waals surface area contributed by atoms with Crippen LogP contribution in [-0.4, -0.2) is 55.6 Å². The van der Waals surface area contributed by atoms with E-state index in [9.17, 15) is 5.11 Å². The highest BCUT2D eigenvalue weighted by Gasteiger charge is 2.17. The van der Waals surface area contributed by atoms with Crippen LogP contribution >= 0.6 is 0 Å². The molecule has 2 aromatic heterocycles. The van der Waals surface area contributed by atoms with Crippen molar-refractivity contribution in [3.8, 4) is 40.0 Å². The van der Waals surface area contributed by atoms with Crippen LogP contribution in [0.4, 0.5) is 5.95 Å². The van der Waals surface area contributed by atoms with E-state index in [1.807, 2.05) is 18.2 Å². The van der Waals surface area contributed by atoms with Crippen molar-refractivity contribution in [1.82, 2.24) is 9.97 Å². The van der Waals surface area contributed by atoms with Gasteiger partial charge in [-0.1, -0.05) is 0 Å². The summed E-state index contributed by atoms with van der Waals surface area (Å²) < 4.78 is 21.8. The molecule has 4 rings (SSSR count). The Bertz CT molecular complexity index is 941. The summed E-state index contributed by atoms with van der Waals surface area (Å²) in [6.45, 7) is 2.87. The van der Waals surface area contributed by atoms with Gasteiger partial charge in [0.2, 0.25) is 11.7 Å². The summed E-state index contributed by atoms with van der Waals surface area (Å²) in [7, 11) is 2.97. The highest BCUT2D eigenvalue weighted by atomic mass is 16.5. The molecule has 1 fully saturated rings. The lowest BCUT2D eigenvalue weighted by molar-refractivity contribution is 0.122. The Morgan fingerprint density at radius 2 is 1.68 bits per heavy atom. The van der Waals surface area contributed by atoms with Gasteiger partial charge in [-0.3, -0.25) is 0 Å². The molecule has 8 heteroatoms. The molecule has 1 N–H and O–H groups in total. The van der Waals surface area contributed by atoms with E-state index in [-0.39, 0.29) is 5.75 Å². The summed E-state index contributed by atoms with van der Waals surface area (Å²) in [6, 6.07) is 8.90. The van der Waals surface area contributed by atoms with Crippen molar-refractivity contribution in [3.63, 3.8) is 0 Å². The molecule has 0 saturated carbocycles. The minimum absolute atomic E-state index is 0.0496. The first-order valence-corrected chi connectivity index (χ1v) is 8.91. The van der Waals surface area contributed by atoms with E-state index in [1.54, 1.807) is 18.3 Å². The number of anilines is 1. The smallest absolute Gasteiger partial charge is 0.226 e. The van der Waals surface area contributed by atoms with Gasteiger partial charge < -0.3 is 28.6 Å². The van der Waals surface area contributed by atoms with Gasteiger partial charge in [-0.25, -0.2) is 9.97 Å². The minimum Gasteiger partial charge on any atom is -0.502 e. The Morgan fingerprint density at radius 3 is 2.36 bits per heavy atom. The Morgan fingerprint density at radius 1 is 1.00 bits per heavy atom. The SMILES string of the molecule is COc1cc(-c2ccc(-c3ccnc(N4CCOCC4)n3)o2)cc(OC)c1O. The number of hydrogen-bond acceptors (Lipinski definition) is 8. The number of benzene rings is 1. The molecule has 3 aromatic rings. The van der Waals surface area contributed by atoms with E-state index >= 15 is 0 Å². The van der Waals surface area contributed by atoms with Crippen LogP contribution in [0.2, 0.25) is 0 Å². The fourth-order valence-corrected chi connectivity index (χ4v) is 3.07. The highest BCUT2D eigenvalue weighted by Crippen LogP contribution is 2.41. The lowest BCUT2D eigenvalue weighted by Gasteiger charge is -2.26. The van der Waals surface area contributed by atoms with Gasteiger partial charge in [0.15, 0.2) is 17.3 Å². The molecular weight excluding hydrogens is 362 g/mol. The first-order valence-electron chi connectivity index (χ1n) is 8.91. The van der Waals surface area contributed by atoms with Crippen LogP contribution in [0.3, 0.4) is 0 Å². The van der Waals surface area contributed by atoms with Crippen LogP contribution < -0.4 is 14.4 Å². The van der Waals surface area contributed by atoms with Gasteiger partial charge >= 0.3 is 0 Å². The Hall–Kier alpha value is -3.26. The van der Waals surface area contributed by atoms with E-state index in [0.717, 1.165) is 18.7 Å². The molecule has 0 unspecified atom stereocenters. The number of morpholine rings is 1. The Balaban J connectivity index is 1.65. The quantitative estimate of drug-likeness (QED) is 0.719. The number of nitrogens with zero attached hydrogens (tertiary/aromatic N) is 3. The molecule has 1 aliphatic heterocycles. The number of rotatable bonds is 5. The van der Waals surface area contributed by atoms with Crippen LogP contribution in [0.1, 0.15) is 0 Å². The zero-order valence-corrected chi connectivity index (χ0v) is 15.7. The number of ether oxygens (including phenoxy) is 3. The topological polar surface area (TPSA) is 90.1 Å². The van der Waals surface area contributed by atoms with Crippen molar-refractivity contribution in [2.75, 3.05) is 45.4 Å². The molecular formula is C20H21N3O5. The number of phenols is 1. The van der Waals surface area contributed by atoms with Crippen LogP contribution in [0, 0.1) is 0 Å². The summed E-state index contributed by atoms with van der Waals surface area (Å²) in [6.07, 6.45) is 1.72. The third-order valence-corrected chi connectivity index (χ3v) is 4.56. The molecule has 0 bridgehead atoms. The molecule has 1 aliphatic rings. The average Bonchev–Trinajstić information content (AvgIpc) is 3.25. The van der Waals surface area contributed by atoms with Crippen molar-refractivity contribution in [1.29, 1.82) is 0 Å².